The van der Waals surface area contributed by atoms with Crippen LogP contribution in [0.3, 0.4) is 0 Å². The van der Waals surface area contributed by atoms with Crippen LogP contribution in [0.25, 0.3) is 22.1 Å². The zero-order chi connectivity index (χ0) is 27.2. The lowest BCUT2D eigenvalue weighted by atomic mass is 10.0. The summed E-state index contributed by atoms with van der Waals surface area (Å²) in [6, 6.07) is 17.5. The summed E-state index contributed by atoms with van der Waals surface area (Å²) in [5.41, 5.74) is 1.39. The number of rotatable bonds is 10. The van der Waals surface area contributed by atoms with Gasteiger partial charge in [0.2, 0.25) is 5.75 Å². The predicted molar refractivity (Wildman–Crippen MR) is 146 cm³/mol. The van der Waals surface area contributed by atoms with Gasteiger partial charge in [-0.25, -0.2) is 4.79 Å². The fourth-order valence-corrected chi connectivity index (χ4v) is 3.93. The van der Waals surface area contributed by atoms with Crippen LogP contribution in [0.15, 0.2) is 69.9 Å². The van der Waals surface area contributed by atoms with E-state index in [9.17, 15) is 9.59 Å². The molecule has 0 aliphatic rings. The highest BCUT2D eigenvalue weighted by Crippen LogP contribution is 2.36. The lowest BCUT2D eigenvalue weighted by Gasteiger charge is -2.15. The molecular weight excluding hydrogens is 488 g/mol. The molecule has 4 rings (SSSR count). The fourth-order valence-electron chi connectivity index (χ4n) is 3.93. The van der Waals surface area contributed by atoms with Crippen molar-refractivity contribution in [3.63, 3.8) is 0 Å². The number of fused-ring (bicyclic) bond motifs is 1. The van der Waals surface area contributed by atoms with Crippen molar-refractivity contribution in [2.75, 3.05) is 53.9 Å². The van der Waals surface area contributed by atoms with E-state index in [0.717, 1.165) is 5.56 Å². The number of amides is 1. The van der Waals surface area contributed by atoms with Crippen molar-refractivity contribution in [2.45, 2.75) is 0 Å². The number of methoxy groups -OCH3 is 3. The molecule has 0 radical (unpaired) electrons. The first-order valence-electron chi connectivity index (χ1n) is 11.9. The van der Waals surface area contributed by atoms with Gasteiger partial charge in [0.25, 0.3) is 5.91 Å². The molecule has 1 heterocycles. The van der Waals surface area contributed by atoms with E-state index in [1.165, 1.54) is 7.11 Å². The molecule has 3 aromatic carbocycles. The second-order valence-electron chi connectivity index (χ2n) is 8.72. The number of hydrogen-bond donors (Lipinski definition) is 1. The zero-order valence-electron chi connectivity index (χ0n) is 22.0. The smallest absolute Gasteiger partial charge is 0.360 e. The molecule has 0 saturated carbocycles. The molecule has 38 heavy (non-hydrogen) atoms. The maximum Gasteiger partial charge on any atom is 0.360 e. The maximum absolute atomic E-state index is 13.2. The Labute approximate surface area is 220 Å². The summed E-state index contributed by atoms with van der Waals surface area (Å²) in [5, 5.41) is 3.24. The summed E-state index contributed by atoms with van der Waals surface area (Å²) >= 11 is 0. The molecule has 0 saturated heterocycles. The van der Waals surface area contributed by atoms with E-state index in [2.05, 4.69) is 5.32 Å². The molecule has 0 aliphatic carbocycles. The summed E-state index contributed by atoms with van der Waals surface area (Å²) in [4.78, 5) is 28.0. The number of nitrogens with one attached hydrogen (secondary N) is 1. The van der Waals surface area contributed by atoms with Gasteiger partial charge in [0, 0.05) is 23.1 Å². The van der Waals surface area contributed by atoms with Crippen LogP contribution < -0.4 is 29.9 Å². The van der Waals surface area contributed by atoms with Gasteiger partial charge in [-0.05, 0) is 68.2 Å². The van der Waals surface area contributed by atoms with Gasteiger partial charge in [0.1, 0.15) is 23.8 Å². The number of carbonyl (C=O) groups is 1. The third-order valence-electron chi connectivity index (χ3n) is 5.91. The Morgan fingerprint density at radius 2 is 1.71 bits per heavy atom. The summed E-state index contributed by atoms with van der Waals surface area (Å²) in [5.74, 6) is 1.57. The van der Waals surface area contributed by atoms with Crippen LogP contribution in [0, 0.1) is 0 Å². The third kappa shape index (κ3) is 5.73. The van der Waals surface area contributed by atoms with Gasteiger partial charge in [0.15, 0.2) is 11.3 Å². The first-order valence-corrected chi connectivity index (χ1v) is 11.9. The van der Waals surface area contributed by atoms with Crippen molar-refractivity contribution >= 4 is 22.6 Å². The SMILES string of the molecule is COc1cccc(-c2cc(C(=O)Nc3cc4ccc(OCCN(C)C)c(OC)c4oc3=O)ccc2OC)c1. The molecule has 1 aromatic heterocycles. The molecule has 0 atom stereocenters. The van der Waals surface area contributed by atoms with Gasteiger partial charge in [-0.2, -0.15) is 0 Å². The number of hydrogen-bond acceptors (Lipinski definition) is 8. The van der Waals surface area contributed by atoms with E-state index >= 15 is 0 Å². The summed E-state index contributed by atoms with van der Waals surface area (Å²) in [7, 11) is 8.52. The van der Waals surface area contributed by atoms with Crippen LogP contribution in [0.4, 0.5) is 5.69 Å². The number of ether oxygens (including phenoxy) is 4. The summed E-state index contributed by atoms with van der Waals surface area (Å²) in [6.45, 7) is 1.15. The van der Waals surface area contributed by atoms with Gasteiger partial charge in [-0.15, -0.1) is 0 Å². The molecule has 0 spiro atoms. The van der Waals surface area contributed by atoms with Crippen molar-refractivity contribution in [3.05, 3.63) is 76.6 Å². The molecule has 0 aliphatic heterocycles. The molecule has 0 bridgehead atoms. The predicted octanol–water partition coefficient (Wildman–Crippen LogP) is 4.68. The fraction of sp³-hybridized carbons (Fsp3) is 0.241. The first-order chi connectivity index (χ1) is 18.3. The Balaban J connectivity index is 1.63. The second kappa shape index (κ2) is 11.7. The minimum atomic E-state index is -0.712. The monoisotopic (exact) mass is 518 g/mol. The quantitative estimate of drug-likeness (QED) is 0.302. The van der Waals surface area contributed by atoms with Crippen molar-refractivity contribution < 1.29 is 28.2 Å². The lowest BCUT2D eigenvalue weighted by Crippen LogP contribution is -2.19. The number of anilines is 1. The molecule has 4 aromatic rings. The topological polar surface area (TPSA) is 99.5 Å². The number of benzene rings is 3. The maximum atomic E-state index is 13.2. The van der Waals surface area contributed by atoms with Gasteiger partial charge in [-0.1, -0.05) is 12.1 Å². The standard InChI is InChI=1S/C29H30N2O7/c1-31(2)13-14-37-25-12-9-19-17-23(29(33)38-26(19)27(25)36-5)30-28(32)20-10-11-24(35-4)22(16-20)18-7-6-8-21(15-18)34-3/h6-12,15-17H,13-14H2,1-5H3,(H,30,32). The van der Waals surface area contributed by atoms with E-state index in [0.29, 0.717) is 52.7 Å². The van der Waals surface area contributed by atoms with E-state index < -0.39 is 11.5 Å². The van der Waals surface area contributed by atoms with Crippen LogP contribution in [0.1, 0.15) is 10.4 Å². The van der Waals surface area contributed by atoms with E-state index in [-0.39, 0.29) is 11.3 Å². The highest BCUT2D eigenvalue weighted by atomic mass is 16.5. The first kappa shape index (κ1) is 26.6. The van der Waals surface area contributed by atoms with Crippen molar-refractivity contribution in [3.8, 4) is 34.1 Å². The van der Waals surface area contributed by atoms with Crippen LogP contribution in [-0.2, 0) is 0 Å². The summed E-state index contributed by atoms with van der Waals surface area (Å²) < 4.78 is 27.7. The average molecular weight is 519 g/mol. The minimum Gasteiger partial charge on any atom is -0.497 e. The zero-order valence-corrected chi connectivity index (χ0v) is 22.0. The van der Waals surface area contributed by atoms with E-state index in [1.807, 2.05) is 43.3 Å². The Bertz CT molecular complexity index is 1510. The molecule has 198 valence electrons. The lowest BCUT2D eigenvalue weighted by molar-refractivity contribution is 0.102. The Morgan fingerprint density at radius 3 is 2.42 bits per heavy atom. The largest absolute Gasteiger partial charge is 0.497 e. The highest BCUT2D eigenvalue weighted by molar-refractivity contribution is 6.06. The molecule has 1 N–H and O–H groups in total. The van der Waals surface area contributed by atoms with Gasteiger partial charge >= 0.3 is 5.63 Å². The van der Waals surface area contributed by atoms with Crippen LogP contribution >= 0.6 is 0 Å². The van der Waals surface area contributed by atoms with Gasteiger partial charge in [-0.3, -0.25) is 4.79 Å². The summed E-state index contributed by atoms with van der Waals surface area (Å²) in [6.07, 6.45) is 0. The van der Waals surface area contributed by atoms with Crippen molar-refractivity contribution in [2.24, 2.45) is 0 Å². The van der Waals surface area contributed by atoms with Crippen LogP contribution in [0.5, 0.6) is 23.0 Å². The molecule has 0 fully saturated rings. The molecule has 0 unspecified atom stereocenters. The van der Waals surface area contributed by atoms with Crippen LogP contribution in [-0.4, -0.2) is 59.4 Å². The normalized spacial score (nSPS) is 10.9. The van der Waals surface area contributed by atoms with Crippen LogP contribution in [0.2, 0.25) is 0 Å². The van der Waals surface area contributed by atoms with E-state index in [1.54, 1.807) is 50.6 Å². The Morgan fingerprint density at radius 1 is 0.921 bits per heavy atom. The van der Waals surface area contributed by atoms with Gasteiger partial charge in [0.05, 0.1) is 21.3 Å². The Hall–Kier alpha value is -4.50. The third-order valence-corrected chi connectivity index (χ3v) is 5.91. The average Bonchev–Trinajstić information content (AvgIpc) is 2.92. The van der Waals surface area contributed by atoms with Gasteiger partial charge < -0.3 is 33.6 Å². The molecule has 9 nitrogen and oxygen atoms in total. The second-order valence-corrected chi connectivity index (χ2v) is 8.72. The van der Waals surface area contributed by atoms with Crippen molar-refractivity contribution in [1.82, 2.24) is 4.90 Å². The number of carbonyl (C=O) groups excluding carboxylic acids is 1. The molecular formula is C29H30N2O7. The highest BCUT2D eigenvalue weighted by Gasteiger charge is 2.18. The number of nitrogens with zero attached hydrogens (tertiary/aromatic N) is 1. The molecule has 1 amide bonds. The minimum absolute atomic E-state index is 0.00424. The van der Waals surface area contributed by atoms with E-state index in [4.69, 9.17) is 23.4 Å². The van der Waals surface area contributed by atoms with Crippen molar-refractivity contribution in [1.29, 1.82) is 0 Å². The number of likely N-dealkylation sites (N-methyl/N-ethyl adjacent to an activating group) is 1. The molecule has 9 heteroatoms. The Kier molecular flexibility index (Phi) is 8.18.